The average molecular weight is 244 g/mol. The molecule has 0 radical (unpaired) electrons. The molecule has 0 saturated carbocycles. The van der Waals surface area contributed by atoms with Gasteiger partial charge in [0.1, 0.15) is 11.3 Å². The summed E-state index contributed by atoms with van der Waals surface area (Å²) in [5.41, 5.74) is 1.32. The van der Waals surface area contributed by atoms with Crippen molar-refractivity contribution in [3.8, 4) is 11.3 Å². The van der Waals surface area contributed by atoms with Crippen molar-refractivity contribution in [2.24, 2.45) is 0 Å². The molecule has 0 amide bonds. The quantitative estimate of drug-likeness (QED) is 0.883. The maximum absolute atomic E-state index is 11.3. The van der Waals surface area contributed by atoms with Crippen molar-refractivity contribution in [3.63, 3.8) is 0 Å². The monoisotopic (exact) mass is 244 g/mol. The molecule has 94 valence electrons. The molecule has 1 aromatic carbocycles. The number of hydrogen-bond acceptors (Lipinski definition) is 2. The number of aromatic carboxylic acids is 1. The topological polar surface area (TPSA) is 55.1 Å². The fourth-order valence-corrected chi connectivity index (χ4v) is 1.68. The SMILES string of the molecule is CC(C)(C)n1cc(C(=O)O)c(-c2ccccc2)n1. The lowest BCUT2D eigenvalue weighted by molar-refractivity contribution is 0.0697. The van der Waals surface area contributed by atoms with Crippen LogP contribution in [0.15, 0.2) is 36.5 Å². The van der Waals surface area contributed by atoms with Gasteiger partial charge in [0.05, 0.1) is 5.54 Å². The largest absolute Gasteiger partial charge is 0.478 e. The summed E-state index contributed by atoms with van der Waals surface area (Å²) in [6.45, 7) is 5.96. The van der Waals surface area contributed by atoms with Crippen molar-refractivity contribution in [3.05, 3.63) is 42.1 Å². The van der Waals surface area contributed by atoms with Crippen LogP contribution in [0.5, 0.6) is 0 Å². The van der Waals surface area contributed by atoms with Gasteiger partial charge < -0.3 is 5.11 Å². The first kappa shape index (κ1) is 12.4. The molecule has 0 spiro atoms. The summed E-state index contributed by atoms with van der Waals surface area (Å²) in [6, 6.07) is 9.36. The van der Waals surface area contributed by atoms with E-state index in [1.54, 1.807) is 10.9 Å². The minimum Gasteiger partial charge on any atom is -0.478 e. The minimum absolute atomic E-state index is 0.233. The molecule has 4 heteroatoms. The van der Waals surface area contributed by atoms with E-state index in [1.165, 1.54) is 0 Å². The lowest BCUT2D eigenvalue weighted by Crippen LogP contribution is -2.22. The molecule has 0 fully saturated rings. The fourth-order valence-electron chi connectivity index (χ4n) is 1.68. The van der Waals surface area contributed by atoms with Crippen molar-refractivity contribution in [2.45, 2.75) is 26.3 Å². The van der Waals surface area contributed by atoms with Crippen LogP contribution in [0.3, 0.4) is 0 Å². The highest BCUT2D eigenvalue weighted by molar-refractivity contribution is 5.94. The molecule has 18 heavy (non-hydrogen) atoms. The summed E-state index contributed by atoms with van der Waals surface area (Å²) in [5.74, 6) is -0.954. The van der Waals surface area contributed by atoms with E-state index in [9.17, 15) is 9.90 Å². The summed E-state index contributed by atoms with van der Waals surface area (Å²) in [7, 11) is 0. The number of rotatable bonds is 2. The van der Waals surface area contributed by atoms with Gasteiger partial charge in [-0.15, -0.1) is 0 Å². The molecule has 2 aromatic rings. The first-order valence-electron chi connectivity index (χ1n) is 5.78. The van der Waals surface area contributed by atoms with E-state index in [2.05, 4.69) is 5.10 Å². The van der Waals surface area contributed by atoms with E-state index in [-0.39, 0.29) is 11.1 Å². The molecule has 0 atom stereocenters. The Morgan fingerprint density at radius 2 is 1.83 bits per heavy atom. The normalized spacial score (nSPS) is 11.5. The molecule has 0 aliphatic rings. The van der Waals surface area contributed by atoms with Gasteiger partial charge in [0.25, 0.3) is 0 Å². The van der Waals surface area contributed by atoms with Crippen LogP contribution in [0.25, 0.3) is 11.3 Å². The second-order valence-electron chi connectivity index (χ2n) is 5.18. The zero-order valence-corrected chi connectivity index (χ0v) is 10.7. The van der Waals surface area contributed by atoms with Crippen LogP contribution in [0.2, 0.25) is 0 Å². The standard InChI is InChI=1S/C14H16N2O2/c1-14(2,3)16-9-11(13(17)18)12(15-16)10-7-5-4-6-8-10/h4-9H,1-3H3,(H,17,18). The number of benzene rings is 1. The van der Waals surface area contributed by atoms with Crippen LogP contribution in [0.1, 0.15) is 31.1 Å². The van der Waals surface area contributed by atoms with Crippen LogP contribution in [0, 0.1) is 0 Å². The Labute approximate surface area is 106 Å². The third kappa shape index (κ3) is 2.27. The summed E-state index contributed by atoms with van der Waals surface area (Å²) in [4.78, 5) is 11.3. The molecule has 0 unspecified atom stereocenters. The number of carboxylic acid groups (broad SMARTS) is 1. The van der Waals surface area contributed by atoms with Crippen molar-refractivity contribution >= 4 is 5.97 Å². The van der Waals surface area contributed by atoms with E-state index >= 15 is 0 Å². The molecule has 0 bridgehead atoms. The van der Waals surface area contributed by atoms with E-state index in [4.69, 9.17) is 0 Å². The second-order valence-corrected chi connectivity index (χ2v) is 5.18. The highest BCUT2D eigenvalue weighted by Gasteiger charge is 2.22. The van der Waals surface area contributed by atoms with Gasteiger partial charge in [0.2, 0.25) is 0 Å². The Bertz CT molecular complexity index is 565. The highest BCUT2D eigenvalue weighted by atomic mass is 16.4. The van der Waals surface area contributed by atoms with Crippen LogP contribution in [0.4, 0.5) is 0 Å². The minimum atomic E-state index is -0.954. The zero-order valence-electron chi connectivity index (χ0n) is 10.7. The molecule has 0 saturated heterocycles. The van der Waals surface area contributed by atoms with Gasteiger partial charge in [-0.2, -0.15) is 5.10 Å². The van der Waals surface area contributed by atoms with Gasteiger partial charge in [0, 0.05) is 11.8 Å². The van der Waals surface area contributed by atoms with Crippen LogP contribution in [-0.4, -0.2) is 20.9 Å². The summed E-state index contributed by atoms with van der Waals surface area (Å²) >= 11 is 0. The number of aromatic nitrogens is 2. The summed E-state index contributed by atoms with van der Waals surface area (Å²) in [6.07, 6.45) is 1.59. The van der Waals surface area contributed by atoms with E-state index < -0.39 is 5.97 Å². The first-order valence-corrected chi connectivity index (χ1v) is 5.78. The number of carbonyl (C=O) groups is 1. The molecular formula is C14H16N2O2. The maximum Gasteiger partial charge on any atom is 0.339 e. The second kappa shape index (κ2) is 4.29. The Kier molecular flexibility index (Phi) is 2.95. The van der Waals surface area contributed by atoms with Crippen molar-refractivity contribution < 1.29 is 9.90 Å². The van der Waals surface area contributed by atoms with Crippen molar-refractivity contribution in [1.29, 1.82) is 0 Å². The lowest BCUT2D eigenvalue weighted by atomic mass is 10.1. The van der Waals surface area contributed by atoms with Gasteiger partial charge >= 0.3 is 5.97 Å². The molecule has 2 rings (SSSR count). The molecule has 4 nitrogen and oxygen atoms in total. The van der Waals surface area contributed by atoms with Crippen LogP contribution < -0.4 is 0 Å². The van der Waals surface area contributed by atoms with Crippen molar-refractivity contribution in [2.75, 3.05) is 0 Å². The summed E-state index contributed by atoms with van der Waals surface area (Å²) in [5, 5.41) is 13.7. The van der Waals surface area contributed by atoms with Crippen LogP contribution >= 0.6 is 0 Å². The van der Waals surface area contributed by atoms with E-state index in [0.717, 1.165) is 5.56 Å². The molecule has 0 aliphatic heterocycles. The Hall–Kier alpha value is -2.10. The third-order valence-electron chi connectivity index (χ3n) is 2.68. The zero-order chi connectivity index (χ0) is 13.3. The number of carboxylic acids is 1. The highest BCUT2D eigenvalue weighted by Crippen LogP contribution is 2.24. The molecule has 1 N–H and O–H groups in total. The molecule has 1 heterocycles. The van der Waals surface area contributed by atoms with Gasteiger partial charge in [-0.3, -0.25) is 4.68 Å². The summed E-state index contributed by atoms with van der Waals surface area (Å²) < 4.78 is 1.69. The van der Waals surface area contributed by atoms with E-state index in [1.807, 2.05) is 51.1 Å². The predicted octanol–water partition coefficient (Wildman–Crippen LogP) is 3.00. The maximum atomic E-state index is 11.3. The van der Waals surface area contributed by atoms with Gasteiger partial charge in [-0.25, -0.2) is 4.79 Å². The van der Waals surface area contributed by atoms with Gasteiger partial charge in [-0.1, -0.05) is 30.3 Å². The van der Waals surface area contributed by atoms with Crippen molar-refractivity contribution in [1.82, 2.24) is 9.78 Å². The van der Waals surface area contributed by atoms with Gasteiger partial charge in [0.15, 0.2) is 0 Å². The molecular weight excluding hydrogens is 228 g/mol. The Morgan fingerprint density at radius 3 is 2.33 bits per heavy atom. The van der Waals surface area contributed by atoms with Crippen LogP contribution in [-0.2, 0) is 5.54 Å². The predicted molar refractivity (Wildman–Crippen MR) is 69.6 cm³/mol. The third-order valence-corrected chi connectivity index (χ3v) is 2.68. The average Bonchev–Trinajstić information content (AvgIpc) is 2.74. The van der Waals surface area contributed by atoms with E-state index in [0.29, 0.717) is 5.69 Å². The lowest BCUT2D eigenvalue weighted by Gasteiger charge is -2.18. The smallest absolute Gasteiger partial charge is 0.339 e. The molecule has 1 aromatic heterocycles. The van der Waals surface area contributed by atoms with Gasteiger partial charge in [-0.05, 0) is 20.8 Å². The fraction of sp³-hybridized carbons (Fsp3) is 0.286. The Morgan fingerprint density at radius 1 is 1.22 bits per heavy atom. The Balaban J connectivity index is 2.60. The molecule has 0 aliphatic carbocycles. The number of nitrogens with zero attached hydrogens (tertiary/aromatic N) is 2. The first-order chi connectivity index (χ1) is 8.39. The number of hydrogen-bond donors (Lipinski definition) is 1.